The van der Waals surface area contributed by atoms with Crippen LogP contribution in [0.3, 0.4) is 0 Å². The first-order valence-corrected chi connectivity index (χ1v) is 10.2. The van der Waals surface area contributed by atoms with Crippen LogP contribution in [0.4, 0.5) is 0 Å². The minimum atomic E-state index is -1.61. The van der Waals surface area contributed by atoms with Crippen molar-refractivity contribution in [1.29, 1.82) is 0 Å². The van der Waals surface area contributed by atoms with Crippen LogP contribution >= 0.6 is 25.3 Å². The molecule has 1 aromatic heterocycles. The lowest BCUT2D eigenvalue weighted by Crippen LogP contribution is -2.58. The number of amides is 3. The molecular weight excluding hydrogens is 452 g/mol. The molecule has 0 saturated carbocycles. The molecule has 4 atom stereocenters. The summed E-state index contributed by atoms with van der Waals surface area (Å²) in [6.07, 6.45) is 1.89. The van der Waals surface area contributed by atoms with E-state index in [0.29, 0.717) is 5.69 Å². The first-order valence-electron chi connectivity index (χ1n) is 8.89. The number of hydrogen-bond donors (Lipinski definition) is 9. The summed E-state index contributed by atoms with van der Waals surface area (Å²) in [5.74, 6) is -5.64. The average molecular weight is 477 g/mol. The van der Waals surface area contributed by atoms with Crippen LogP contribution in [0.5, 0.6) is 0 Å². The number of nitrogens with zero attached hydrogens (tertiary/aromatic N) is 1. The van der Waals surface area contributed by atoms with Crippen LogP contribution in [-0.4, -0.2) is 85.5 Å². The Labute approximate surface area is 187 Å². The van der Waals surface area contributed by atoms with Crippen molar-refractivity contribution in [3.63, 3.8) is 0 Å². The van der Waals surface area contributed by atoms with Crippen molar-refractivity contribution in [1.82, 2.24) is 25.9 Å². The van der Waals surface area contributed by atoms with Gasteiger partial charge in [-0.25, -0.2) is 9.78 Å². The molecule has 172 valence electrons. The molecule has 0 saturated heterocycles. The number of carboxylic acids is 2. The Balaban J connectivity index is 3.01. The van der Waals surface area contributed by atoms with Crippen molar-refractivity contribution in [2.75, 3.05) is 11.5 Å². The smallest absolute Gasteiger partial charge is 0.327 e. The van der Waals surface area contributed by atoms with Crippen molar-refractivity contribution >= 4 is 54.9 Å². The Morgan fingerprint density at radius 3 is 2.03 bits per heavy atom. The van der Waals surface area contributed by atoms with Crippen molar-refractivity contribution in [3.05, 3.63) is 18.2 Å². The number of rotatable bonds is 13. The molecule has 0 fully saturated rings. The van der Waals surface area contributed by atoms with E-state index in [1.807, 2.05) is 0 Å². The summed E-state index contributed by atoms with van der Waals surface area (Å²) in [6.45, 7) is 0. The highest BCUT2D eigenvalue weighted by atomic mass is 32.1. The highest BCUT2D eigenvalue weighted by Gasteiger charge is 2.31. The van der Waals surface area contributed by atoms with E-state index in [-0.39, 0.29) is 17.9 Å². The molecule has 1 heterocycles. The number of aliphatic carboxylic acids is 2. The lowest BCUT2D eigenvalue weighted by atomic mass is 10.1. The summed E-state index contributed by atoms with van der Waals surface area (Å²) in [6, 6.07) is -5.24. The van der Waals surface area contributed by atoms with Gasteiger partial charge < -0.3 is 36.9 Å². The number of aromatic amines is 1. The van der Waals surface area contributed by atoms with Crippen LogP contribution in [0.25, 0.3) is 0 Å². The van der Waals surface area contributed by atoms with Crippen molar-refractivity contribution in [2.24, 2.45) is 5.73 Å². The van der Waals surface area contributed by atoms with Gasteiger partial charge >= 0.3 is 11.9 Å². The maximum atomic E-state index is 12.8. The van der Waals surface area contributed by atoms with Crippen LogP contribution in [0.2, 0.25) is 0 Å². The largest absolute Gasteiger partial charge is 0.481 e. The van der Waals surface area contributed by atoms with E-state index in [1.165, 1.54) is 12.5 Å². The molecule has 8 N–H and O–H groups in total. The van der Waals surface area contributed by atoms with Crippen LogP contribution in [0.15, 0.2) is 12.5 Å². The molecular formula is C16H24N6O7S2. The number of carboxylic acid groups (broad SMARTS) is 2. The number of imidazole rings is 1. The maximum Gasteiger partial charge on any atom is 0.327 e. The van der Waals surface area contributed by atoms with Crippen molar-refractivity contribution in [2.45, 2.75) is 37.0 Å². The second-order valence-electron chi connectivity index (χ2n) is 6.37. The van der Waals surface area contributed by atoms with Gasteiger partial charge in [0, 0.05) is 29.8 Å². The van der Waals surface area contributed by atoms with Gasteiger partial charge in [-0.3, -0.25) is 19.2 Å². The maximum absolute atomic E-state index is 12.8. The molecule has 0 aromatic carbocycles. The Morgan fingerprint density at radius 2 is 1.55 bits per heavy atom. The average Bonchev–Trinajstić information content (AvgIpc) is 3.22. The van der Waals surface area contributed by atoms with E-state index in [1.54, 1.807) is 0 Å². The molecule has 0 aliphatic rings. The topological polar surface area (TPSA) is 217 Å². The molecule has 31 heavy (non-hydrogen) atoms. The molecule has 1 aromatic rings. The molecule has 1 rings (SSSR count). The monoisotopic (exact) mass is 476 g/mol. The summed E-state index contributed by atoms with van der Waals surface area (Å²) >= 11 is 7.73. The van der Waals surface area contributed by atoms with Gasteiger partial charge in [0.2, 0.25) is 17.7 Å². The fourth-order valence-corrected chi connectivity index (χ4v) is 2.71. The fraction of sp³-hybridized carbons (Fsp3) is 0.500. The highest BCUT2D eigenvalue weighted by Crippen LogP contribution is 2.03. The predicted octanol–water partition coefficient (Wildman–Crippen LogP) is -2.85. The number of H-pyrrole nitrogens is 1. The molecule has 0 aliphatic heterocycles. The quantitative estimate of drug-likeness (QED) is 0.134. The Bertz CT molecular complexity index is 791. The van der Waals surface area contributed by atoms with E-state index in [9.17, 15) is 24.0 Å². The van der Waals surface area contributed by atoms with E-state index in [2.05, 4.69) is 51.2 Å². The van der Waals surface area contributed by atoms with Crippen LogP contribution in [-0.2, 0) is 30.4 Å². The molecule has 3 amide bonds. The third-order valence-corrected chi connectivity index (χ3v) is 4.71. The van der Waals surface area contributed by atoms with Gasteiger partial charge in [-0.05, 0) is 0 Å². The van der Waals surface area contributed by atoms with Crippen molar-refractivity contribution in [3.8, 4) is 0 Å². The van der Waals surface area contributed by atoms with Gasteiger partial charge in [0.1, 0.15) is 18.1 Å². The van der Waals surface area contributed by atoms with Gasteiger partial charge in [-0.2, -0.15) is 25.3 Å². The Morgan fingerprint density at radius 1 is 0.968 bits per heavy atom. The number of hydrogen-bond acceptors (Lipinski definition) is 9. The van der Waals surface area contributed by atoms with Gasteiger partial charge in [0.05, 0.1) is 18.8 Å². The Kier molecular flexibility index (Phi) is 10.8. The highest BCUT2D eigenvalue weighted by molar-refractivity contribution is 7.80. The van der Waals surface area contributed by atoms with Crippen LogP contribution < -0.4 is 21.7 Å². The van der Waals surface area contributed by atoms with Crippen molar-refractivity contribution < 1.29 is 34.2 Å². The van der Waals surface area contributed by atoms with Gasteiger partial charge in [-0.15, -0.1) is 0 Å². The predicted molar refractivity (Wildman–Crippen MR) is 114 cm³/mol. The number of carbonyl (C=O) groups excluding carboxylic acids is 3. The van der Waals surface area contributed by atoms with Gasteiger partial charge in [0.15, 0.2) is 0 Å². The molecule has 0 aliphatic carbocycles. The van der Waals surface area contributed by atoms with E-state index in [4.69, 9.17) is 15.9 Å². The Hall–Kier alpha value is -2.78. The molecule has 4 unspecified atom stereocenters. The summed E-state index contributed by atoms with van der Waals surface area (Å²) in [4.78, 5) is 66.1. The summed E-state index contributed by atoms with van der Waals surface area (Å²) < 4.78 is 0. The third kappa shape index (κ3) is 8.85. The minimum absolute atomic E-state index is 0.00851. The number of aromatic nitrogens is 2. The van der Waals surface area contributed by atoms with E-state index < -0.39 is 60.2 Å². The zero-order valence-electron chi connectivity index (χ0n) is 16.1. The van der Waals surface area contributed by atoms with Gasteiger partial charge in [0.25, 0.3) is 0 Å². The first kappa shape index (κ1) is 26.3. The molecule has 0 radical (unpaired) electrons. The second-order valence-corrected chi connectivity index (χ2v) is 7.10. The molecule has 0 bridgehead atoms. The second kappa shape index (κ2) is 12.8. The van der Waals surface area contributed by atoms with Gasteiger partial charge in [-0.1, -0.05) is 0 Å². The SMILES string of the molecule is NC(CS)C(=O)NC(Cc1cnc[nH]1)C(=O)NC(CC(=O)O)C(=O)NC(CS)C(=O)O. The zero-order chi connectivity index (χ0) is 23.6. The molecule has 0 spiro atoms. The number of carbonyl (C=O) groups is 5. The zero-order valence-corrected chi connectivity index (χ0v) is 17.9. The molecule has 15 heteroatoms. The lowest BCUT2D eigenvalue weighted by molar-refractivity contribution is -0.143. The number of nitrogens with one attached hydrogen (secondary N) is 4. The van der Waals surface area contributed by atoms with Crippen LogP contribution in [0, 0.1) is 0 Å². The third-order valence-electron chi connectivity index (χ3n) is 3.95. The lowest BCUT2D eigenvalue weighted by Gasteiger charge is -2.24. The number of nitrogens with two attached hydrogens (primary N) is 1. The fourth-order valence-electron chi connectivity index (χ4n) is 2.30. The summed E-state index contributed by atoms with van der Waals surface area (Å²) in [5, 5.41) is 24.9. The summed E-state index contributed by atoms with van der Waals surface area (Å²) in [5.41, 5.74) is 6.08. The normalized spacial score (nSPS) is 14.5. The molecule has 13 nitrogen and oxygen atoms in total. The van der Waals surface area contributed by atoms with Crippen LogP contribution in [0.1, 0.15) is 12.1 Å². The number of thiol groups is 2. The minimum Gasteiger partial charge on any atom is -0.481 e. The summed E-state index contributed by atoms with van der Waals surface area (Å²) in [7, 11) is 0. The van der Waals surface area contributed by atoms with E-state index >= 15 is 0 Å². The van der Waals surface area contributed by atoms with E-state index in [0.717, 1.165) is 0 Å². The first-order chi connectivity index (χ1) is 14.6. The standard InChI is InChI=1S/C16H24N6O7S2/c17-8(4-30)13(25)20-9(1-7-3-18-6-19-7)14(26)21-10(2-12(23)24)15(27)22-11(5-31)16(28)29/h3,6,8-11,30-31H,1-2,4-5,17H2,(H,18,19)(H,20,25)(H,21,26)(H,22,27)(H,23,24)(H,28,29).